The summed E-state index contributed by atoms with van der Waals surface area (Å²) in [6.07, 6.45) is 4.99. The van der Waals surface area contributed by atoms with Crippen molar-refractivity contribution in [2.75, 3.05) is 5.32 Å². The molecule has 1 N–H and O–H groups in total. The second kappa shape index (κ2) is 6.58. The van der Waals surface area contributed by atoms with E-state index in [0.29, 0.717) is 23.3 Å². The second-order valence-electron chi connectivity index (χ2n) is 6.20. The molecule has 5 rings (SSSR count). The summed E-state index contributed by atoms with van der Waals surface area (Å²) in [5.74, 6) is 2.40. The standard InChI is InChI=1S/C20H15N7O/c1-27-9-8-18(26-27)25-20-14-10-13(6-7-15(14)22-12-23-20)28-19-11-21-16-4-2-3-5-17(16)24-19/h2-12H,1H3,(H,22,23,25,26). The third kappa shape index (κ3) is 3.07. The van der Waals surface area contributed by atoms with Gasteiger partial charge in [-0.05, 0) is 30.3 Å². The van der Waals surface area contributed by atoms with E-state index in [4.69, 9.17) is 4.74 Å². The molecule has 3 aromatic heterocycles. The maximum Gasteiger partial charge on any atom is 0.238 e. The number of aryl methyl sites for hydroxylation is 1. The molecule has 0 aliphatic heterocycles. The van der Waals surface area contributed by atoms with Crippen LogP contribution in [0.4, 0.5) is 11.6 Å². The Morgan fingerprint density at radius 2 is 1.82 bits per heavy atom. The van der Waals surface area contributed by atoms with E-state index >= 15 is 0 Å². The van der Waals surface area contributed by atoms with Gasteiger partial charge in [0.1, 0.15) is 17.9 Å². The molecule has 0 unspecified atom stereocenters. The van der Waals surface area contributed by atoms with Crippen molar-refractivity contribution in [3.63, 3.8) is 0 Å². The zero-order valence-corrected chi connectivity index (χ0v) is 14.9. The number of hydrogen-bond donors (Lipinski definition) is 1. The molecule has 0 radical (unpaired) electrons. The fourth-order valence-electron chi connectivity index (χ4n) is 2.91. The van der Waals surface area contributed by atoms with E-state index in [1.54, 1.807) is 10.9 Å². The highest BCUT2D eigenvalue weighted by atomic mass is 16.5. The molecular formula is C20H15N7O. The largest absolute Gasteiger partial charge is 0.437 e. The van der Waals surface area contributed by atoms with Crippen molar-refractivity contribution in [3.05, 3.63) is 67.3 Å². The fourth-order valence-corrected chi connectivity index (χ4v) is 2.91. The van der Waals surface area contributed by atoms with Crippen LogP contribution in [0.15, 0.2) is 67.3 Å². The monoisotopic (exact) mass is 369 g/mol. The van der Waals surface area contributed by atoms with Gasteiger partial charge in [-0.1, -0.05) is 12.1 Å². The fraction of sp³-hybridized carbons (Fsp3) is 0.0500. The van der Waals surface area contributed by atoms with E-state index in [1.165, 1.54) is 6.33 Å². The molecule has 0 spiro atoms. The number of benzene rings is 2. The molecule has 0 saturated heterocycles. The third-order valence-corrected chi connectivity index (χ3v) is 4.22. The first kappa shape index (κ1) is 16.1. The Bertz CT molecular complexity index is 1300. The van der Waals surface area contributed by atoms with Crippen LogP contribution >= 0.6 is 0 Å². The van der Waals surface area contributed by atoms with E-state index in [-0.39, 0.29) is 0 Å². The summed E-state index contributed by atoms with van der Waals surface area (Å²) in [4.78, 5) is 17.5. The van der Waals surface area contributed by atoms with Gasteiger partial charge in [0.2, 0.25) is 5.88 Å². The van der Waals surface area contributed by atoms with Gasteiger partial charge in [0, 0.05) is 24.7 Å². The van der Waals surface area contributed by atoms with Crippen molar-refractivity contribution < 1.29 is 4.74 Å². The Hall–Kier alpha value is -4.07. The van der Waals surface area contributed by atoms with Crippen molar-refractivity contribution in [3.8, 4) is 11.6 Å². The summed E-state index contributed by atoms with van der Waals surface area (Å²) in [5.41, 5.74) is 2.40. The summed E-state index contributed by atoms with van der Waals surface area (Å²) in [6.45, 7) is 0. The number of para-hydroxylation sites is 2. The van der Waals surface area contributed by atoms with Gasteiger partial charge in [-0.25, -0.2) is 19.9 Å². The van der Waals surface area contributed by atoms with Gasteiger partial charge in [-0.15, -0.1) is 0 Å². The lowest BCUT2D eigenvalue weighted by molar-refractivity contribution is 0.463. The van der Waals surface area contributed by atoms with Crippen LogP contribution in [0, 0.1) is 0 Å². The van der Waals surface area contributed by atoms with Crippen molar-refractivity contribution >= 4 is 33.6 Å². The number of anilines is 2. The molecule has 3 heterocycles. The number of nitrogens with zero attached hydrogens (tertiary/aromatic N) is 6. The van der Waals surface area contributed by atoms with Crippen LogP contribution in [0.1, 0.15) is 0 Å². The van der Waals surface area contributed by atoms with Gasteiger partial charge in [0.25, 0.3) is 0 Å². The van der Waals surface area contributed by atoms with Crippen LogP contribution in [0.3, 0.4) is 0 Å². The Balaban J connectivity index is 1.50. The Morgan fingerprint density at radius 3 is 2.68 bits per heavy atom. The minimum atomic E-state index is 0.425. The third-order valence-electron chi connectivity index (χ3n) is 4.22. The van der Waals surface area contributed by atoms with Crippen molar-refractivity contribution in [2.24, 2.45) is 7.05 Å². The van der Waals surface area contributed by atoms with Gasteiger partial charge < -0.3 is 10.1 Å². The normalized spacial score (nSPS) is 11.0. The van der Waals surface area contributed by atoms with Gasteiger partial charge >= 0.3 is 0 Å². The molecule has 0 atom stereocenters. The summed E-state index contributed by atoms with van der Waals surface area (Å²) >= 11 is 0. The lowest BCUT2D eigenvalue weighted by Gasteiger charge is -2.09. The van der Waals surface area contributed by atoms with Crippen molar-refractivity contribution in [2.45, 2.75) is 0 Å². The molecule has 2 aromatic carbocycles. The molecule has 5 aromatic rings. The predicted molar refractivity (Wildman–Crippen MR) is 106 cm³/mol. The van der Waals surface area contributed by atoms with Crippen molar-refractivity contribution in [1.29, 1.82) is 0 Å². The van der Waals surface area contributed by atoms with Gasteiger partial charge in [-0.2, -0.15) is 5.10 Å². The van der Waals surface area contributed by atoms with Gasteiger partial charge in [-0.3, -0.25) is 4.68 Å². The molecule has 0 fully saturated rings. The molecule has 0 aliphatic rings. The highest BCUT2D eigenvalue weighted by Gasteiger charge is 2.09. The second-order valence-corrected chi connectivity index (χ2v) is 6.20. The smallest absolute Gasteiger partial charge is 0.238 e. The number of hydrogen-bond acceptors (Lipinski definition) is 7. The molecule has 0 bridgehead atoms. The molecule has 0 amide bonds. The first-order chi connectivity index (χ1) is 13.7. The Labute approximate surface area is 159 Å². The molecule has 136 valence electrons. The van der Waals surface area contributed by atoms with Crippen LogP contribution in [0.2, 0.25) is 0 Å². The summed E-state index contributed by atoms with van der Waals surface area (Å²) < 4.78 is 7.65. The predicted octanol–water partition coefficient (Wildman–Crippen LogP) is 3.84. The van der Waals surface area contributed by atoms with Crippen LogP contribution in [-0.2, 0) is 7.05 Å². The Morgan fingerprint density at radius 1 is 0.929 bits per heavy atom. The van der Waals surface area contributed by atoms with E-state index in [1.807, 2.05) is 61.8 Å². The van der Waals surface area contributed by atoms with Gasteiger partial charge in [0.15, 0.2) is 5.82 Å². The molecule has 8 nitrogen and oxygen atoms in total. The van der Waals surface area contributed by atoms with Crippen LogP contribution in [0.25, 0.3) is 21.9 Å². The number of aromatic nitrogens is 6. The number of ether oxygens (including phenoxy) is 1. The van der Waals surface area contributed by atoms with E-state index in [0.717, 1.165) is 21.9 Å². The number of fused-ring (bicyclic) bond motifs is 2. The Kier molecular flexibility index (Phi) is 3.79. The lowest BCUT2D eigenvalue weighted by Crippen LogP contribution is -1.98. The summed E-state index contributed by atoms with van der Waals surface area (Å²) in [6, 6.07) is 15.1. The number of rotatable bonds is 4. The molecule has 0 saturated carbocycles. The first-order valence-electron chi connectivity index (χ1n) is 8.66. The quantitative estimate of drug-likeness (QED) is 0.514. The van der Waals surface area contributed by atoms with Crippen molar-refractivity contribution in [1.82, 2.24) is 29.7 Å². The first-order valence-corrected chi connectivity index (χ1v) is 8.66. The minimum Gasteiger partial charge on any atom is -0.437 e. The lowest BCUT2D eigenvalue weighted by atomic mass is 10.2. The molecular weight excluding hydrogens is 354 g/mol. The highest BCUT2D eigenvalue weighted by Crippen LogP contribution is 2.28. The average Bonchev–Trinajstić information content (AvgIpc) is 3.13. The maximum absolute atomic E-state index is 5.93. The van der Waals surface area contributed by atoms with Gasteiger partial charge in [0.05, 0.1) is 22.7 Å². The van der Waals surface area contributed by atoms with Crippen LogP contribution in [-0.4, -0.2) is 29.7 Å². The minimum absolute atomic E-state index is 0.425. The molecule has 0 aliphatic carbocycles. The average molecular weight is 369 g/mol. The molecule has 8 heteroatoms. The van der Waals surface area contributed by atoms with Crippen LogP contribution < -0.4 is 10.1 Å². The molecule has 28 heavy (non-hydrogen) atoms. The van der Waals surface area contributed by atoms with E-state index in [9.17, 15) is 0 Å². The zero-order valence-electron chi connectivity index (χ0n) is 14.9. The zero-order chi connectivity index (χ0) is 18.9. The summed E-state index contributed by atoms with van der Waals surface area (Å²) in [5, 5.41) is 8.36. The SMILES string of the molecule is Cn1ccc(Nc2ncnc3ccc(Oc4cnc5ccccc5n4)cc23)n1. The topological polar surface area (TPSA) is 90.6 Å². The van der Waals surface area contributed by atoms with E-state index in [2.05, 4.69) is 30.4 Å². The van der Waals surface area contributed by atoms with Crippen LogP contribution in [0.5, 0.6) is 11.6 Å². The summed E-state index contributed by atoms with van der Waals surface area (Å²) in [7, 11) is 1.86. The number of nitrogens with one attached hydrogen (secondary N) is 1. The highest BCUT2D eigenvalue weighted by molar-refractivity contribution is 5.91. The maximum atomic E-state index is 5.93. The van der Waals surface area contributed by atoms with E-state index < -0.39 is 0 Å².